The van der Waals surface area contributed by atoms with Gasteiger partial charge >= 0.3 is 0 Å². The third kappa shape index (κ3) is 21.0. The van der Waals surface area contributed by atoms with Gasteiger partial charge in [0, 0.05) is 61.9 Å². The molecule has 0 bridgehead atoms. The quantitative estimate of drug-likeness (QED) is 0.130. The molecule has 11 amide bonds. The van der Waals surface area contributed by atoms with Crippen molar-refractivity contribution in [1.29, 1.82) is 0 Å². The molecule has 1 aliphatic rings. The van der Waals surface area contributed by atoms with Gasteiger partial charge in [0.1, 0.15) is 54.4 Å². The van der Waals surface area contributed by atoms with E-state index >= 15 is 19.2 Å². The summed E-state index contributed by atoms with van der Waals surface area (Å²) in [5, 5.41) is 23.2. The van der Waals surface area contributed by atoms with Crippen molar-refractivity contribution in [2.45, 2.75) is 229 Å². The van der Waals surface area contributed by atoms with Crippen LogP contribution in [0.15, 0.2) is 12.2 Å². The Balaban J connectivity index is 4.47. The van der Waals surface area contributed by atoms with E-state index in [0.29, 0.717) is 0 Å². The first-order valence-corrected chi connectivity index (χ1v) is 31.6. The molecule has 504 valence electrons. The second kappa shape index (κ2) is 35.9. The fraction of sp³-hybridized carbons (Fsp3) is 0.797. The molecule has 24 heteroatoms. The van der Waals surface area contributed by atoms with Crippen molar-refractivity contribution >= 4 is 65.0 Å². The van der Waals surface area contributed by atoms with Crippen molar-refractivity contribution in [2.24, 2.45) is 41.4 Å². The Morgan fingerprint density at radius 1 is 0.534 bits per heavy atom. The summed E-state index contributed by atoms with van der Waals surface area (Å²) in [6.45, 7) is 30.6. The maximum absolute atomic E-state index is 15.7. The molecule has 1 aliphatic heterocycles. The molecule has 5 N–H and O–H groups in total. The van der Waals surface area contributed by atoms with Gasteiger partial charge in [-0.2, -0.15) is 0 Å². The Morgan fingerprint density at radius 3 is 1.43 bits per heavy atom. The molecule has 0 saturated carbocycles. The Morgan fingerprint density at radius 2 is 0.977 bits per heavy atom. The van der Waals surface area contributed by atoms with Crippen LogP contribution in [0, 0.1) is 41.4 Å². The van der Waals surface area contributed by atoms with Gasteiger partial charge in [0.05, 0.1) is 12.6 Å². The number of aliphatic hydroxyl groups excluding tert-OH is 1. The normalized spacial score (nSPS) is 27.2. The first kappa shape index (κ1) is 79.8. The molecule has 24 nitrogen and oxygen atoms in total. The summed E-state index contributed by atoms with van der Waals surface area (Å²) in [4.78, 5) is 170. The summed E-state index contributed by atoms with van der Waals surface area (Å²) >= 11 is 0. The Hall–Kier alpha value is -6.17. The van der Waals surface area contributed by atoms with Crippen molar-refractivity contribution < 1.29 is 62.6 Å². The summed E-state index contributed by atoms with van der Waals surface area (Å²) < 4.78 is 6.44. The summed E-state index contributed by atoms with van der Waals surface area (Å²) in [7, 11) is 9.76. The van der Waals surface area contributed by atoms with Crippen molar-refractivity contribution in [3.63, 3.8) is 0 Å². The van der Waals surface area contributed by atoms with Crippen LogP contribution in [0.5, 0.6) is 0 Å². The Labute approximate surface area is 526 Å². The third-order valence-electron chi connectivity index (χ3n) is 16.7. The van der Waals surface area contributed by atoms with E-state index in [9.17, 15) is 38.7 Å². The van der Waals surface area contributed by atoms with Gasteiger partial charge in [0.15, 0.2) is 0 Å². The van der Waals surface area contributed by atoms with E-state index in [2.05, 4.69) is 21.3 Å². The molecule has 0 aliphatic carbocycles. The number of nitrogens with one attached hydrogen (secondary N) is 4. The highest BCUT2D eigenvalue weighted by molar-refractivity contribution is 6.00. The van der Waals surface area contributed by atoms with Crippen LogP contribution in [-0.2, 0) is 57.5 Å². The lowest BCUT2D eigenvalue weighted by molar-refractivity contribution is -0.207. The molecular formula is C64H115N11O13. The smallest absolute Gasteiger partial charge is 0.276 e. The zero-order chi connectivity index (χ0) is 68.3. The molecule has 1 rings (SSSR count). The number of amides is 11. The van der Waals surface area contributed by atoms with Crippen LogP contribution in [0.2, 0.25) is 0 Å². The van der Waals surface area contributed by atoms with Crippen molar-refractivity contribution in [3.05, 3.63) is 12.2 Å². The van der Waals surface area contributed by atoms with Crippen LogP contribution in [0.3, 0.4) is 0 Å². The average Bonchev–Trinajstić information content (AvgIpc) is 1.29. The fourth-order valence-electron chi connectivity index (χ4n) is 11.2. The van der Waals surface area contributed by atoms with Gasteiger partial charge in [-0.15, -0.1) is 0 Å². The fourth-order valence-corrected chi connectivity index (χ4v) is 11.2. The van der Waals surface area contributed by atoms with E-state index in [1.807, 2.05) is 55.4 Å². The van der Waals surface area contributed by atoms with Gasteiger partial charge in [-0.05, 0) is 102 Å². The van der Waals surface area contributed by atoms with Crippen molar-refractivity contribution in [1.82, 2.24) is 55.6 Å². The minimum absolute atomic E-state index is 0.00465. The topological polar surface area (TPSA) is 288 Å². The van der Waals surface area contributed by atoms with E-state index in [1.54, 1.807) is 67.5 Å². The number of nitrogens with zero attached hydrogens (tertiary/aromatic N) is 7. The number of rotatable bonds is 17. The second-order valence-corrected chi connectivity index (χ2v) is 26.6. The van der Waals surface area contributed by atoms with E-state index in [-0.39, 0.29) is 68.8 Å². The monoisotopic (exact) mass is 1250 g/mol. The molecule has 0 radical (unpaired) electrons. The van der Waals surface area contributed by atoms with Gasteiger partial charge in [-0.3, -0.25) is 52.7 Å². The predicted octanol–water partition coefficient (Wildman–Crippen LogP) is 3.63. The molecule has 0 unspecified atom stereocenters. The molecule has 0 spiro atoms. The standard InChI is InChI=1S/C64H115N11O13/c1-26-29-30-42(16)53(77)52-57(81)67-45(27-2)59(83)69(19)35-50(76)70(20)46(31-36(4)5)56(80)68-51(40(12)13)62(86)71(21)47(32-37(6)7)55(79)65-43(17)54(78)66-44(18)58(82)72(22)48(33-38(8)9)60(84)73(23)49(34-39(10)11)61(85)75(25)64(41(14)15,88-28-3)63(87)74(52)24/h26,29,36-49,51-53,77H,27-28,30-35H2,1-25H3,(H,65,79)(H,66,78)(H,67,81)(H,68,80)/b29-26+/t42-,43+,44-,45+,46+,47+,48+,49+,51+,52+,53-,64+/m1/s1. The maximum atomic E-state index is 15.7. The zero-order valence-corrected chi connectivity index (χ0v) is 58.1. The Bertz CT molecular complexity index is 2420. The van der Waals surface area contributed by atoms with Gasteiger partial charge < -0.3 is 65.4 Å². The summed E-state index contributed by atoms with van der Waals surface area (Å²) in [6, 6.07) is -11.4. The van der Waals surface area contributed by atoms with Crippen molar-refractivity contribution in [3.8, 4) is 0 Å². The molecule has 0 aromatic rings. The lowest BCUT2D eigenvalue weighted by atomic mass is 9.89. The summed E-state index contributed by atoms with van der Waals surface area (Å²) in [5.41, 5.74) is -2.19. The lowest BCUT2D eigenvalue weighted by Crippen LogP contribution is -2.70. The molecule has 1 heterocycles. The maximum Gasteiger partial charge on any atom is 0.276 e. The van der Waals surface area contributed by atoms with E-state index in [4.69, 9.17) is 4.74 Å². The van der Waals surface area contributed by atoms with Crippen LogP contribution in [0.4, 0.5) is 0 Å². The largest absolute Gasteiger partial charge is 0.390 e. The van der Waals surface area contributed by atoms with Crippen LogP contribution in [0.1, 0.15) is 163 Å². The second-order valence-electron chi connectivity index (χ2n) is 26.6. The van der Waals surface area contributed by atoms with Gasteiger partial charge in [0.2, 0.25) is 64.8 Å². The first-order chi connectivity index (χ1) is 40.6. The highest BCUT2D eigenvalue weighted by Gasteiger charge is 2.55. The molecule has 1 saturated heterocycles. The molecule has 88 heavy (non-hydrogen) atoms. The molecular weight excluding hydrogens is 1130 g/mol. The molecule has 12 atom stereocenters. The Kier molecular flexibility index (Phi) is 32.5. The number of carbonyl (C=O) groups excluding carboxylic acids is 11. The number of carbonyl (C=O) groups is 11. The van der Waals surface area contributed by atoms with Crippen LogP contribution < -0.4 is 21.3 Å². The minimum atomic E-state index is -2.19. The SMILES string of the molecule is C/C=C/C[C@@H](C)[C@@H](O)[C@H]1C(=O)N[C@@H](CC)C(=O)N(C)CC(=O)N(C)[C@@H](CC(C)C)C(=O)N[C@@H](C(C)C)C(=O)N(C)[C@@H](CC(C)C)C(=O)N[C@@H](C)C(=O)N[C@H](C)C(=O)N(C)[C@@H](CC(C)C)C(=O)N(C)[C@@H](CC(C)C)C(=O)N(C)[C@](OCC)(C(C)C)C(=O)N1C. The number of ether oxygens (including phenoxy) is 1. The number of hydrogen-bond acceptors (Lipinski definition) is 13. The third-order valence-corrected chi connectivity index (χ3v) is 16.7. The summed E-state index contributed by atoms with van der Waals surface area (Å²) in [5.74, 6) is -10.6. The number of likely N-dealkylation sites (N-methyl/N-ethyl adjacent to an activating group) is 7. The first-order valence-electron chi connectivity index (χ1n) is 31.6. The highest BCUT2D eigenvalue weighted by atomic mass is 16.5. The molecule has 0 aromatic heterocycles. The number of aliphatic hydroxyl groups is 1. The van der Waals surface area contributed by atoms with Crippen LogP contribution in [-0.4, -0.2) is 233 Å². The molecule has 1 fully saturated rings. The van der Waals surface area contributed by atoms with Gasteiger partial charge in [-0.1, -0.05) is 109 Å². The molecule has 0 aromatic carbocycles. The van der Waals surface area contributed by atoms with Crippen LogP contribution in [0.25, 0.3) is 0 Å². The number of hydrogen-bond donors (Lipinski definition) is 5. The van der Waals surface area contributed by atoms with Crippen molar-refractivity contribution in [2.75, 3.05) is 62.5 Å². The predicted molar refractivity (Wildman–Crippen MR) is 339 cm³/mol. The van der Waals surface area contributed by atoms with Gasteiger partial charge in [-0.25, -0.2) is 0 Å². The van der Waals surface area contributed by atoms with E-state index in [0.717, 1.165) is 14.7 Å². The van der Waals surface area contributed by atoms with E-state index in [1.165, 1.54) is 82.8 Å². The highest BCUT2D eigenvalue weighted by Crippen LogP contribution is 2.33. The van der Waals surface area contributed by atoms with Crippen LogP contribution >= 0.6 is 0 Å². The zero-order valence-electron chi connectivity index (χ0n) is 58.1. The lowest BCUT2D eigenvalue weighted by Gasteiger charge is -2.48. The minimum Gasteiger partial charge on any atom is -0.390 e. The van der Waals surface area contributed by atoms with E-state index < -0.39 is 155 Å². The average molecular weight is 1250 g/mol. The van der Waals surface area contributed by atoms with Gasteiger partial charge in [0.25, 0.3) is 5.91 Å². The summed E-state index contributed by atoms with van der Waals surface area (Å²) in [6.07, 6.45) is 2.78. The number of allylic oxidation sites excluding steroid dienone is 2.